The van der Waals surface area contributed by atoms with Crippen LogP contribution >= 0.6 is 0 Å². The lowest BCUT2D eigenvalue weighted by Crippen LogP contribution is -2.43. The zero-order chi connectivity index (χ0) is 28.5. The van der Waals surface area contributed by atoms with Gasteiger partial charge in [0, 0.05) is 0 Å². The molecule has 0 aromatic carbocycles. The summed E-state index contributed by atoms with van der Waals surface area (Å²) in [5.41, 5.74) is 0. The van der Waals surface area contributed by atoms with E-state index in [9.17, 15) is 10.2 Å². The van der Waals surface area contributed by atoms with Gasteiger partial charge in [-0.2, -0.15) is 0 Å². The van der Waals surface area contributed by atoms with Gasteiger partial charge in [-0.3, -0.25) is 0 Å². The molecule has 0 aromatic heterocycles. The van der Waals surface area contributed by atoms with Crippen molar-refractivity contribution in [3.63, 3.8) is 0 Å². The van der Waals surface area contributed by atoms with Crippen LogP contribution in [0.4, 0.5) is 0 Å². The highest BCUT2D eigenvalue weighted by atomic mass is 16.3. The fourth-order valence-electron chi connectivity index (χ4n) is 5.55. The van der Waals surface area contributed by atoms with Crippen LogP contribution in [0.25, 0.3) is 0 Å². The van der Waals surface area contributed by atoms with E-state index >= 15 is 0 Å². The second kappa shape index (κ2) is 33.8. The molecule has 0 aliphatic heterocycles. The summed E-state index contributed by atoms with van der Waals surface area (Å²) < 4.78 is 0. The molecular weight excluding hydrogens is 478 g/mol. The van der Waals surface area contributed by atoms with Crippen LogP contribution in [0.3, 0.4) is 0 Å². The number of hydrogen-bond acceptors (Lipinski definition) is 3. The third-order valence-corrected chi connectivity index (χ3v) is 8.36. The van der Waals surface area contributed by atoms with E-state index in [2.05, 4.69) is 31.3 Å². The SMILES string of the molecule is CCCCCCCCC=CCCCCCCCCNC(CO)C(O)CCCCCCCCCCCCCCC. The topological polar surface area (TPSA) is 52.5 Å². The predicted octanol–water partition coefficient (Wildman–Crippen LogP) is 10.8. The van der Waals surface area contributed by atoms with Crippen molar-refractivity contribution in [1.82, 2.24) is 5.32 Å². The number of allylic oxidation sites excluding steroid dienone is 2. The van der Waals surface area contributed by atoms with Crippen molar-refractivity contribution >= 4 is 0 Å². The Bertz CT molecular complexity index is 467. The van der Waals surface area contributed by atoms with Gasteiger partial charge in [0.05, 0.1) is 18.8 Å². The van der Waals surface area contributed by atoms with E-state index in [0.29, 0.717) is 0 Å². The summed E-state index contributed by atoms with van der Waals surface area (Å²) in [6.45, 7) is 5.50. The van der Waals surface area contributed by atoms with Crippen LogP contribution < -0.4 is 5.32 Å². The van der Waals surface area contributed by atoms with Crippen LogP contribution in [-0.2, 0) is 0 Å². The van der Waals surface area contributed by atoms with Crippen molar-refractivity contribution in [3.8, 4) is 0 Å². The van der Waals surface area contributed by atoms with Gasteiger partial charge < -0.3 is 15.5 Å². The second-order valence-electron chi connectivity index (χ2n) is 12.3. The number of unbranched alkanes of at least 4 members (excludes halogenated alkanes) is 24. The molecule has 0 rings (SSSR count). The van der Waals surface area contributed by atoms with Crippen LogP contribution in [0.2, 0.25) is 0 Å². The van der Waals surface area contributed by atoms with E-state index in [4.69, 9.17) is 0 Å². The molecule has 0 fully saturated rings. The fraction of sp³-hybridized carbons (Fsp3) is 0.944. The Morgan fingerprint density at radius 2 is 0.846 bits per heavy atom. The molecule has 0 aliphatic carbocycles. The molecule has 0 aliphatic rings. The molecule has 3 nitrogen and oxygen atoms in total. The van der Waals surface area contributed by atoms with Crippen LogP contribution in [0.15, 0.2) is 12.2 Å². The summed E-state index contributed by atoms with van der Waals surface area (Å²) in [6.07, 6.45) is 41.2. The van der Waals surface area contributed by atoms with Crippen LogP contribution in [0.1, 0.15) is 194 Å². The number of aliphatic hydroxyl groups is 2. The molecule has 0 spiro atoms. The highest BCUT2D eigenvalue weighted by Crippen LogP contribution is 2.14. The van der Waals surface area contributed by atoms with Gasteiger partial charge in [-0.1, -0.05) is 167 Å². The molecule has 234 valence electrons. The minimum atomic E-state index is -0.420. The molecule has 39 heavy (non-hydrogen) atoms. The number of hydrogen-bond donors (Lipinski definition) is 3. The minimum Gasteiger partial charge on any atom is -0.395 e. The highest BCUT2D eigenvalue weighted by Gasteiger charge is 2.16. The van der Waals surface area contributed by atoms with Crippen LogP contribution in [0, 0.1) is 0 Å². The normalized spacial score (nSPS) is 13.4. The quantitative estimate of drug-likeness (QED) is 0.0561. The maximum absolute atomic E-state index is 10.5. The summed E-state index contributed by atoms with van der Waals surface area (Å²) in [5, 5.41) is 23.6. The molecule has 3 N–H and O–H groups in total. The first-order valence-corrected chi connectivity index (χ1v) is 17.9. The Hall–Kier alpha value is -0.380. The van der Waals surface area contributed by atoms with Crippen molar-refractivity contribution in [1.29, 1.82) is 0 Å². The van der Waals surface area contributed by atoms with E-state index < -0.39 is 6.10 Å². The Morgan fingerprint density at radius 1 is 0.487 bits per heavy atom. The van der Waals surface area contributed by atoms with Gasteiger partial charge in [-0.25, -0.2) is 0 Å². The number of aliphatic hydroxyl groups excluding tert-OH is 2. The van der Waals surface area contributed by atoms with Crippen molar-refractivity contribution in [2.24, 2.45) is 0 Å². The first kappa shape index (κ1) is 38.6. The maximum atomic E-state index is 10.5. The molecular formula is C36H73NO2. The zero-order valence-corrected chi connectivity index (χ0v) is 26.9. The maximum Gasteiger partial charge on any atom is 0.0715 e. The van der Waals surface area contributed by atoms with E-state index in [-0.39, 0.29) is 12.6 Å². The lowest BCUT2D eigenvalue weighted by molar-refractivity contribution is 0.0810. The zero-order valence-electron chi connectivity index (χ0n) is 26.9. The van der Waals surface area contributed by atoms with Crippen molar-refractivity contribution in [2.75, 3.05) is 13.2 Å². The van der Waals surface area contributed by atoms with Crippen molar-refractivity contribution in [3.05, 3.63) is 12.2 Å². The molecule has 0 heterocycles. The summed E-state index contributed by atoms with van der Waals surface area (Å²) in [7, 11) is 0. The summed E-state index contributed by atoms with van der Waals surface area (Å²) in [5.74, 6) is 0. The number of rotatable bonds is 33. The Labute approximate surface area is 246 Å². The van der Waals surface area contributed by atoms with E-state index in [0.717, 1.165) is 25.8 Å². The van der Waals surface area contributed by atoms with E-state index in [1.54, 1.807) is 0 Å². The molecule has 0 aromatic rings. The van der Waals surface area contributed by atoms with Gasteiger partial charge in [0.2, 0.25) is 0 Å². The van der Waals surface area contributed by atoms with Gasteiger partial charge in [-0.05, 0) is 45.1 Å². The third-order valence-electron chi connectivity index (χ3n) is 8.36. The minimum absolute atomic E-state index is 0.0337. The highest BCUT2D eigenvalue weighted by molar-refractivity contribution is 4.81. The second-order valence-corrected chi connectivity index (χ2v) is 12.3. The summed E-state index contributed by atoms with van der Waals surface area (Å²) in [6, 6.07) is -0.162. The molecule has 0 saturated heterocycles. The third kappa shape index (κ3) is 30.4. The lowest BCUT2D eigenvalue weighted by Gasteiger charge is -2.22. The van der Waals surface area contributed by atoms with Gasteiger partial charge in [0.1, 0.15) is 0 Å². The van der Waals surface area contributed by atoms with Gasteiger partial charge in [0.25, 0.3) is 0 Å². The van der Waals surface area contributed by atoms with E-state index in [1.165, 1.54) is 161 Å². The van der Waals surface area contributed by atoms with E-state index in [1.807, 2.05) is 0 Å². The molecule has 3 heteroatoms. The summed E-state index contributed by atoms with van der Waals surface area (Å²) >= 11 is 0. The standard InChI is InChI=1S/C36H73NO2/c1-3-5-7-9-11-13-15-17-18-19-21-23-25-27-29-31-33-37-35(34-38)36(39)32-30-28-26-24-22-20-16-14-12-10-8-6-4-2/h17-18,35-39H,3-16,19-34H2,1-2H3. The first-order chi connectivity index (χ1) is 19.3. The average molecular weight is 552 g/mol. The predicted molar refractivity (Wildman–Crippen MR) is 175 cm³/mol. The molecule has 0 bridgehead atoms. The molecule has 0 saturated carbocycles. The fourth-order valence-corrected chi connectivity index (χ4v) is 5.55. The van der Waals surface area contributed by atoms with Crippen molar-refractivity contribution < 1.29 is 10.2 Å². The Balaban J connectivity index is 3.43. The summed E-state index contributed by atoms with van der Waals surface area (Å²) in [4.78, 5) is 0. The van der Waals surface area contributed by atoms with Gasteiger partial charge in [0.15, 0.2) is 0 Å². The van der Waals surface area contributed by atoms with Gasteiger partial charge in [-0.15, -0.1) is 0 Å². The average Bonchev–Trinajstić information content (AvgIpc) is 2.95. The lowest BCUT2D eigenvalue weighted by atomic mass is 10.0. The van der Waals surface area contributed by atoms with Gasteiger partial charge >= 0.3 is 0 Å². The molecule has 0 radical (unpaired) electrons. The molecule has 2 unspecified atom stereocenters. The number of nitrogens with one attached hydrogen (secondary N) is 1. The largest absolute Gasteiger partial charge is 0.395 e. The monoisotopic (exact) mass is 552 g/mol. The van der Waals surface area contributed by atoms with Crippen LogP contribution in [-0.4, -0.2) is 35.5 Å². The Morgan fingerprint density at radius 3 is 1.26 bits per heavy atom. The van der Waals surface area contributed by atoms with Crippen LogP contribution in [0.5, 0.6) is 0 Å². The Kier molecular flexibility index (Phi) is 33.5. The smallest absolute Gasteiger partial charge is 0.0715 e. The van der Waals surface area contributed by atoms with Crippen molar-refractivity contribution in [2.45, 2.75) is 206 Å². The molecule has 0 amide bonds. The molecule has 2 atom stereocenters. The first-order valence-electron chi connectivity index (χ1n) is 17.9.